The number of anilines is 1. The first-order valence-corrected chi connectivity index (χ1v) is 8.98. The Balaban J connectivity index is 0.00000392. The van der Waals surface area contributed by atoms with Crippen LogP contribution in [-0.4, -0.2) is 30.4 Å². The molecule has 0 fully saturated rings. The molecule has 0 atom stereocenters. The second-order valence-corrected chi connectivity index (χ2v) is 6.55. The van der Waals surface area contributed by atoms with Gasteiger partial charge in [-0.1, -0.05) is 12.1 Å². The van der Waals surface area contributed by atoms with Gasteiger partial charge in [-0.05, 0) is 17.7 Å². The second kappa shape index (κ2) is 11.2. The quantitative estimate of drug-likeness (QED) is 0.305. The molecule has 6 nitrogen and oxygen atoms in total. The molecule has 0 saturated carbocycles. The maximum Gasteiger partial charge on any atom is 0.434 e. The number of guanidine groups is 1. The largest absolute Gasteiger partial charge is 0.434 e. The molecule has 1 heterocycles. The number of hydrogen-bond donors (Lipinski definition) is 3. The van der Waals surface area contributed by atoms with Gasteiger partial charge in [-0.25, -0.2) is 4.98 Å². The summed E-state index contributed by atoms with van der Waals surface area (Å²) in [5.41, 5.74) is 0.789. The molecule has 1 amide bonds. The van der Waals surface area contributed by atoms with E-state index in [-0.39, 0.29) is 29.9 Å². The molecule has 0 spiro atoms. The molecule has 28 heavy (non-hydrogen) atoms. The molecule has 0 aliphatic heterocycles. The number of aliphatic imine (C=N–C) groups is 1. The first-order chi connectivity index (χ1) is 12.8. The minimum atomic E-state index is -4.41. The van der Waals surface area contributed by atoms with E-state index in [4.69, 9.17) is 0 Å². The number of amides is 1. The standard InChI is InChI=1S/C17H20F3N5OS.HI/c1-11(26)24-13-5-3-4-12(8-13)9-23-16(21-2)22-7-6-15-25-14(10-27-15)17(18,19)20;/h3-5,8,10H,6-7,9H2,1-2H3,(H,24,26)(H2,21,22,23);1H. The summed E-state index contributed by atoms with van der Waals surface area (Å²) in [5, 5.41) is 10.3. The maximum absolute atomic E-state index is 12.5. The van der Waals surface area contributed by atoms with Crippen LogP contribution in [0.15, 0.2) is 34.6 Å². The molecule has 11 heteroatoms. The highest BCUT2D eigenvalue weighted by Crippen LogP contribution is 2.29. The molecule has 0 bridgehead atoms. The average molecular weight is 527 g/mol. The number of thiazole rings is 1. The minimum Gasteiger partial charge on any atom is -0.356 e. The zero-order valence-corrected chi connectivity index (χ0v) is 18.4. The number of nitrogens with zero attached hydrogens (tertiary/aromatic N) is 2. The molecule has 0 radical (unpaired) electrons. The maximum atomic E-state index is 12.5. The summed E-state index contributed by atoms with van der Waals surface area (Å²) in [6, 6.07) is 7.37. The number of halogens is 4. The summed E-state index contributed by atoms with van der Waals surface area (Å²) < 4.78 is 37.6. The fraction of sp³-hybridized carbons (Fsp3) is 0.353. The third-order valence-electron chi connectivity index (χ3n) is 3.40. The Labute approximate surface area is 182 Å². The number of alkyl halides is 3. The Morgan fingerprint density at radius 3 is 2.64 bits per heavy atom. The van der Waals surface area contributed by atoms with Crippen LogP contribution >= 0.6 is 35.3 Å². The van der Waals surface area contributed by atoms with E-state index in [0.717, 1.165) is 22.3 Å². The first-order valence-electron chi connectivity index (χ1n) is 8.10. The summed E-state index contributed by atoms with van der Waals surface area (Å²) in [6.07, 6.45) is -4.05. The molecule has 1 aromatic carbocycles. The number of rotatable bonds is 6. The van der Waals surface area contributed by atoms with Crippen LogP contribution in [0.2, 0.25) is 0 Å². The first kappa shape index (κ1) is 24.1. The molecule has 0 saturated heterocycles. The summed E-state index contributed by atoms with van der Waals surface area (Å²) in [6.45, 7) is 2.32. The van der Waals surface area contributed by atoms with Crippen molar-refractivity contribution in [3.63, 3.8) is 0 Å². The van der Waals surface area contributed by atoms with Crippen LogP contribution in [0.4, 0.5) is 18.9 Å². The van der Waals surface area contributed by atoms with Crippen LogP contribution in [0.5, 0.6) is 0 Å². The Hall–Kier alpha value is -1.89. The summed E-state index contributed by atoms with van der Waals surface area (Å²) in [5.74, 6) is 0.376. The Kier molecular flexibility index (Phi) is 9.65. The van der Waals surface area contributed by atoms with E-state index in [1.165, 1.54) is 6.92 Å². The van der Waals surface area contributed by atoms with Crippen LogP contribution in [0.1, 0.15) is 23.2 Å². The van der Waals surface area contributed by atoms with Crippen molar-refractivity contribution in [3.8, 4) is 0 Å². The lowest BCUT2D eigenvalue weighted by atomic mass is 10.2. The van der Waals surface area contributed by atoms with Crippen LogP contribution in [0.3, 0.4) is 0 Å². The smallest absolute Gasteiger partial charge is 0.356 e. The highest BCUT2D eigenvalue weighted by molar-refractivity contribution is 14.0. The number of hydrogen-bond acceptors (Lipinski definition) is 4. The van der Waals surface area contributed by atoms with Crippen molar-refractivity contribution in [1.82, 2.24) is 15.6 Å². The molecule has 0 aliphatic carbocycles. The zero-order chi connectivity index (χ0) is 19.9. The van der Waals surface area contributed by atoms with E-state index in [1.54, 1.807) is 13.1 Å². The third-order valence-corrected chi connectivity index (χ3v) is 4.31. The number of benzene rings is 1. The molecule has 2 aromatic rings. The van der Waals surface area contributed by atoms with E-state index >= 15 is 0 Å². The van der Waals surface area contributed by atoms with Crippen LogP contribution in [0, 0.1) is 0 Å². The van der Waals surface area contributed by atoms with Crippen molar-refractivity contribution in [1.29, 1.82) is 0 Å². The van der Waals surface area contributed by atoms with Gasteiger partial charge < -0.3 is 16.0 Å². The van der Waals surface area contributed by atoms with Gasteiger partial charge in [0.05, 0.1) is 5.01 Å². The third kappa shape index (κ3) is 8.00. The zero-order valence-electron chi connectivity index (χ0n) is 15.3. The van der Waals surface area contributed by atoms with Gasteiger partial charge in [-0.2, -0.15) is 13.2 Å². The van der Waals surface area contributed by atoms with Crippen LogP contribution in [0.25, 0.3) is 0 Å². The van der Waals surface area contributed by atoms with Crippen molar-refractivity contribution < 1.29 is 18.0 Å². The molecule has 0 unspecified atom stereocenters. The van der Waals surface area contributed by atoms with Crippen LogP contribution < -0.4 is 16.0 Å². The Morgan fingerprint density at radius 1 is 1.29 bits per heavy atom. The summed E-state index contributed by atoms with van der Waals surface area (Å²) in [4.78, 5) is 18.8. The average Bonchev–Trinajstić information content (AvgIpc) is 3.07. The monoisotopic (exact) mass is 527 g/mol. The molecular formula is C17H21F3IN5OS. The van der Waals surface area contributed by atoms with E-state index < -0.39 is 11.9 Å². The van der Waals surface area contributed by atoms with Crippen LogP contribution in [-0.2, 0) is 23.9 Å². The second-order valence-electron chi connectivity index (χ2n) is 5.61. The minimum absolute atomic E-state index is 0. The van der Waals surface area contributed by atoms with Gasteiger partial charge in [-0.3, -0.25) is 9.79 Å². The van der Waals surface area contributed by atoms with Crippen molar-refractivity contribution >= 4 is 52.9 Å². The lowest BCUT2D eigenvalue weighted by Crippen LogP contribution is -2.37. The molecule has 154 valence electrons. The van der Waals surface area contributed by atoms with E-state index in [2.05, 4.69) is 25.9 Å². The molecular weight excluding hydrogens is 506 g/mol. The highest BCUT2D eigenvalue weighted by atomic mass is 127. The van der Waals surface area contributed by atoms with E-state index in [9.17, 15) is 18.0 Å². The van der Waals surface area contributed by atoms with Gasteiger partial charge in [0.2, 0.25) is 5.91 Å². The normalized spacial score (nSPS) is 11.5. The Morgan fingerprint density at radius 2 is 2.04 bits per heavy atom. The van der Waals surface area contributed by atoms with Gasteiger partial charge in [0.25, 0.3) is 0 Å². The van der Waals surface area contributed by atoms with Gasteiger partial charge in [0.1, 0.15) is 0 Å². The predicted octanol–water partition coefficient (Wildman–Crippen LogP) is 3.65. The van der Waals surface area contributed by atoms with E-state index in [1.807, 2.05) is 18.2 Å². The van der Waals surface area contributed by atoms with Gasteiger partial charge in [-0.15, -0.1) is 35.3 Å². The van der Waals surface area contributed by atoms with Crippen molar-refractivity contribution in [3.05, 3.63) is 45.9 Å². The topological polar surface area (TPSA) is 78.4 Å². The summed E-state index contributed by atoms with van der Waals surface area (Å²) >= 11 is 0.986. The molecule has 1 aromatic heterocycles. The van der Waals surface area contributed by atoms with Gasteiger partial charge >= 0.3 is 6.18 Å². The van der Waals surface area contributed by atoms with Crippen molar-refractivity contribution in [2.45, 2.75) is 26.1 Å². The number of nitrogens with one attached hydrogen (secondary N) is 3. The SMILES string of the molecule is CN=C(NCCc1nc(C(F)(F)F)cs1)NCc1cccc(NC(C)=O)c1.I. The molecule has 0 aliphatic rings. The number of carbonyl (C=O) groups excluding carboxylic acids is 1. The van der Waals surface area contributed by atoms with Crippen molar-refractivity contribution in [2.75, 3.05) is 18.9 Å². The fourth-order valence-electron chi connectivity index (χ4n) is 2.21. The number of aromatic nitrogens is 1. The lowest BCUT2D eigenvalue weighted by molar-refractivity contribution is -0.140. The highest BCUT2D eigenvalue weighted by Gasteiger charge is 2.33. The van der Waals surface area contributed by atoms with Gasteiger partial charge in [0, 0.05) is 44.5 Å². The number of carbonyl (C=O) groups is 1. The predicted molar refractivity (Wildman–Crippen MR) is 115 cm³/mol. The molecule has 3 N–H and O–H groups in total. The molecule has 2 rings (SSSR count). The fourth-order valence-corrected chi connectivity index (χ4v) is 3.02. The summed E-state index contributed by atoms with van der Waals surface area (Å²) in [7, 11) is 1.61. The Bertz CT molecular complexity index is 810. The van der Waals surface area contributed by atoms with Gasteiger partial charge in [0.15, 0.2) is 11.7 Å². The van der Waals surface area contributed by atoms with E-state index in [0.29, 0.717) is 36.2 Å². The lowest BCUT2D eigenvalue weighted by Gasteiger charge is -2.12. The van der Waals surface area contributed by atoms with Crippen molar-refractivity contribution in [2.24, 2.45) is 4.99 Å².